The number of unbranched alkanes of at least 4 members (excludes halogenated alkanes) is 3. The largest absolute Gasteiger partial charge is 0.330 e. The van der Waals surface area contributed by atoms with Gasteiger partial charge < -0.3 is 32.7 Å². The molecule has 146 valence electrons. The number of nitrogens with zero attached hydrogens (tertiary/aromatic N) is 2. The van der Waals surface area contributed by atoms with E-state index in [-0.39, 0.29) is 0 Å². The lowest BCUT2D eigenvalue weighted by Gasteiger charge is -2.23. The van der Waals surface area contributed by atoms with Crippen molar-refractivity contribution in [2.45, 2.75) is 51.4 Å². The first-order valence-electron chi connectivity index (χ1n) is 10.0. The number of hydrogen-bond donors (Lipinski definition) is 4. The summed E-state index contributed by atoms with van der Waals surface area (Å²) in [4.78, 5) is 5.04. The van der Waals surface area contributed by atoms with Crippen LogP contribution in [-0.4, -0.2) is 75.2 Å². The van der Waals surface area contributed by atoms with Gasteiger partial charge in [-0.05, 0) is 104 Å². The van der Waals surface area contributed by atoms with Crippen molar-refractivity contribution in [1.82, 2.24) is 9.80 Å². The average Bonchev–Trinajstić information content (AvgIpc) is 2.61. The maximum absolute atomic E-state index is 5.63. The first-order valence-corrected chi connectivity index (χ1v) is 10.0. The molecule has 0 rings (SSSR count). The second-order valence-corrected chi connectivity index (χ2v) is 6.67. The molecule has 0 aromatic rings. The standard InChI is InChI=1S/C18H44N6/c19-9-5-15-23(16-6-10-20)13-3-1-2-4-14-24(17-7-11-21)18-8-12-22/h1-22H2. The molecule has 0 saturated heterocycles. The second-order valence-electron chi connectivity index (χ2n) is 6.67. The third-order valence-electron chi connectivity index (χ3n) is 4.41. The minimum atomic E-state index is 0.778. The molecule has 0 aliphatic rings. The summed E-state index contributed by atoms with van der Waals surface area (Å²) >= 11 is 0. The smallest absolute Gasteiger partial charge is 0.000671 e. The number of rotatable bonds is 19. The Hall–Kier alpha value is -0.240. The monoisotopic (exact) mass is 344 g/mol. The second kappa shape index (κ2) is 19.1. The van der Waals surface area contributed by atoms with E-state index in [9.17, 15) is 0 Å². The Morgan fingerprint density at radius 2 is 0.583 bits per heavy atom. The summed E-state index contributed by atoms with van der Waals surface area (Å²) in [6, 6.07) is 0. The first kappa shape index (κ1) is 23.8. The van der Waals surface area contributed by atoms with Crippen LogP contribution in [0.5, 0.6) is 0 Å². The Morgan fingerprint density at radius 3 is 0.833 bits per heavy atom. The summed E-state index contributed by atoms with van der Waals surface area (Å²) in [7, 11) is 0. The van der Waals surface area contributed by atoms with Gasteiger partial charge in [-0.25, -0.2) is 0 Å². The van der Waals surface area contributed by atoms with Crippen LogP contribution in [0.3, 0.4) is 0 Å². The lowest BCUT2D eigenvalue weighted by Crippen LogP contribution is -2.30. The molecule has 0 unspecified atom stereocenters. The van der Waals surface area contributed by atoms with Crippen molar-refractivity contribution >= 4 is 0 Å². The highest BCUT2D eigenvalue weighted by molar-refractivity contribution is 4.62. The third kappa shape index (κ3) is 15.3. The maximum atomic E-state index is 5.63. The minimum absolute atomic E-state index is 0.778. The molecule has 0 aliphatic heterocycles. The van der Waals surface area contributed by atoms with E-state index in [2.05, 4.69) is 9.80 Å². The molecule has 8 N–H and O–H groups in total. The molecule has 0 aliphatic carbocycles. The predicted octanol–water partition coefficient (Wildman–Crippen LogP) is 0.546. The molecule has 6 heteroatoms. The van der Waals surface area contributed by atoms with Crippen molar-refractivity contribution in [3.05, 3.63) is 0 Å². The van der Waals surface area contributed by atoms with Crippen molar-refractivity contribution in [3.63, 3.8) is 0 Å². The van der Waals surface area contributed by atoms with Gasteiger partial charge >= 0.3 is 0 Å². The molecule has 0 heterocycles. The van der Waals surface area contributed by atoms with Crippen molar-refractivity contribution in [3.8, 4) is 0 Å². The Labute approximate surface area is 150 Å². The fourth-order valence-electron chi connectivity index (χ4n) is 2.95. The zero-order valence-corrected chi connectivity index (χ0v) is 15.9. The van der Waals surface area contributed by atoms with E-state index >= 15 is 0 Å². The molecular weight excluding hydrogens is 300 g/mol. The highest BCUT2D eigenvalue weighted by Gasteiger charge is 2.05. The maximum Gasteiger partial charge on any atom is -0.000671 e. The van der Waals surface area contributed by atoms with E-state index in [1.54, 1.807) is 0 Å². The SMILES string of the molecule is NCCCN(CCCN)CCCCCCN(CCCN)CCCN. The predicted molar refractivity (Wildman–Crippen MR) is 106 cm³/mol. The summed E-state index contributed by atoms with van der Waals surface area (Å²) in [6.45, 7) is 9.94. The van der Waals surface area contributed by atoms with Gasteiger partial charge in [0.2, 0.25) is 0 Å². The normalized spacial score (nSPS) is 11.8. The Balaban J connectivity index is 3.74. The topological polar surface area (TPSA) is 111 Å². The lowest BCUT2D eigenvalue weighted by atomic mass is 10.1. The lowest BCUT2D eigenvalue weighted by molar-refractivity contribution is 0.253. The van der Waals surface area contributed by atoms with Crippen LogP contribution in [0.1, 0.15) is 51.4 Å². The van der Waals surface area contributed by atoms with E-state index in [1.807, 2.05) is 0 Å². The van der Waals surface area contributed by atoms with Gasteiger partial charge in [0.05, 0.1) is 0 Å². The van der Waals surface area contributed by atoms with E-state index in [1.165, 1.54) is 38.8 Å². The van der Waals surface area contributed by atoms with Gasteiger partial charge in [0.1, 0.15) is 0 Å². The molecule has 0 aromatic carbocycles. The van der Waals surface area contributed by atoms with E-state index in [0.29, 0.717) is 0 Å². The Kier molecular flexibility index (Phi) is 18.9. The van der Waals surface area contributed by atoms with Gasteiger partial charge in [-0.3, -0.25) is 0 Å². The van der Waals surface area contributed by atoms with Crippen LogP contribution in [0.4, 0.5) is 0 Å². The van der Waals surface area contributed by atoms with E-state index in [4.69, 9.17) is 22.9 Å². The molecule has 0 saturated carbocycles. The van der Waals surface area contributed by atoms with Crippen molar-refractivity contribution in [1.29, 1.82) is 0 Å². The molecule has 0 atom stereocenters. The molecular formula is C18H44N6. The van der Waals surface area contributed by atoms with Gasteiger partial charge in [0.25, 0.3) is 0 Å². The van der Waals surface area contributed by atoms with Crippen LogP contribution < -0.4 is 22.9 Å². The van der Waals surface area contributed by atoms with Crippen molar-refractivity contribution < 1.29 is 0 Å². The fourth-order valence-corrected chi connectivity index (χ4v) is 2.95. The van der Waals surface area contributed by atoms with Gasteiger partial charge in [-0.2, -0.15) is 0 Å². The minimum Gasteiger partial charge on any atom is -0.330 e. The molecule has 0 fully saturated rings. The van der Waals surface area contributed by atoms with Crippen molar-refractivity contribution in [2.24, 2.45) is 22.9 Å². The average molecular weight is 345 g/mol. The van der Waals surface area contributed by atoms with Gasteiger partial charge in [-0.15, -0.1) is 0 Å². The fraction of sp³-hybridized carbons (Fsp3) is 1.00. The van der Waals surface area contributed by atoms with E-state index in [0.717, 1.165) is 78.0 Å². The summed E-state index contributed by atoms with van der Waals surface area (Å²) in [5.74, 6) is 0. The van der Waals surface area contributed by atoms with Gasteiger partial charge in [-0.1, -0.05) is 12.8 Å². The van der Waals surface area contributed by atoms with E-state index < -0.39 is 0 Å². The van der Waals surface area contributed by atoms with Crippen LogP contribution in [-0.2, 0) is 0 Å². The summed E-state index contributed by atoms with van der Waals surface area (Å²) in [5, 5.41) is 0. The number of hydrogen-bond acceptors (Lipinski definition) is 6. The molecule has 0 bridgehead atoms. The zero-order chi connectivity index (χ0) is 17.9. The summed E-state index contributed by atoms with van der Waals surface area (Å²) in [6.07, 6.45) is 9.52. The van der Waals surface area contributed by atoms with Crippen LogP contribution in [0.2, 0.25) is 0 Å². The molecule has 0 spiro atoms. The van der Waals surface area contributed by atoms with Crippen LogP contribution in [0, 0.1) is 0 Å². The van der Waals surface area contributed by atoms with Gasteiger partial charge in [0, 0.05) is 0 Å². The summed E-state index contributed by atoms with van der Waals surface area (Å²) in [5.41, 5.74) is 22.5. The Bertz CT molecular complexity index is 200. The molecule has 6 nitrogen and oxygen atoms in total. The Morgan fingerprint density at radius 1 is 0.333 bits per heavy atom. The van der Waals surface area contributed by atoms with Crippen LogP contribution >= 0.6 is 0 Å². The first-order chi connectivity index (χ1) is 11.8. The molecule has 0 radical (unpaired) electrons. The summed E-state index contributed by atoms with van der Waals surface area (Å²) < 4.78 is 0. The van der Waals surface area contributed by atoms with Crippen LogP contribution in [0.15, 0.2) is 0 Å². The third-order valence-corrected chi connectivity index (χ3v) is 4.41. The molecule has 0 aromatic heterocycles. The zero-order valence-electron chi connectivity index (χ0n) is 15.9. The van der Waals surface area contributed by atoms with Crippen LogP contribution in [0.25, 0.3) is 0 Å². The van der Waals surface area contributed by atoms with Gasteiger partial charge in [0.15, 0.2) is 0 Å². The highest BCUT2D eigenvalue weighted by Crippen LogP contribution is 2.05. The molecule has 24 heavy (non-hydrogen) atoms. The van der Waals surface area contributed by atoms with Crippen molar-refractivity contribution in [2.75, 3.05) is 65.4 Å². The highest BCUT2D eigenvalue weighted by atomic mass is 15.1. The quantitative estimate of drug-likeness (QED) is 0.255. The molecule has 0 amide bonds. The number of nitrogens with two attached hydrogens (primary N) is 4.